The molecule has 0 aliphatic rings. The van der Waals surface area contributed by atoms with E-state index in [-0.39, 0.29) is 33.7 Å². The number of alkyl halides is 3. The van der Waals surface area contributed by atoms with E-state index in [2.05, 4.69) is 15.3 Å². The number of nitrogens with zero attached hydrogens (tertiary/aromatic N) is 3. The van der Waals surface area contributed by atoms with Gasteiger partial charge in [0.2, 0.25) is 5.91 Å². The van der Waals surface area contributed by atoms with Crippen LogP contribution in [0.1, 0.15) is 5.69 Å². The van der Waals surface area contributed by atoms with Crippen LogP contribution in [-0.2, 0) is 11.0 Å². The van der Waals surface area contributed by atoms with Crippen LogP contribution in [0.5, 0.6) is 5.75 Å². The molecule has 0 unspecified atom stereocenters. The third kappa shape index (κ3) is 5.72. The normalized spacial score (nSPS) is 11.1. The highest BCUT2D eigenvalue weighted by Crippen LogP contribution is 2.32. The Morgan fingerprint density at radius 1 is 1.16 bits per heavy atom. The fourth-order valence-corrected chi connectivity index (χ4v) is 3.26. The standard InChI is InChI=1S/C20H15F3N4O4S/c1-31-13-7-8-14(16(9-13)27(29)30)24-18(28)11-32-19-25-15(12-5-3-2-4-6-12)10-17(26-19)20(21,22)23/h2-10H,11H2,1H3,(H,24,28). The summed E-state index contributed by atoms with van der Waals surface area (Å²) in [6, 6.07) is 12.9. The van der Waals surface area contributed by atoms with E-state index in [0.717, 1.165) is 12.1 Å². The number of methoxy groups -OCH3 is 1. The number of nitrogens with one attached hydrogen (secondary N) is 1. The van der Waals surface area contributed by atoms with E-state index in [1.807, 2.05) is 0 Å². The van der Waals surface area contributed by atoms with E-state index in [4.69, 9.17) is 4.74 Å². The number of ether oxygens (including phenoxy) is 1. The van der Waals surface area contributed by atoms with Gasteiger partial charge in [0.15, 0.2) is 5.16 Å². The van der Waals surface area contributed by atoms with Crippen LogP contribution in [0.25, 0.3) is 11.3 Å². The predicted octanol–water partition coefficient (Wildman–Crippen LogP) is 4.81. The molecule has 0 saturated heterocycles. The maximum Gasteiger partial charge on any atom is 0.433 e. The number of hydrogen-bond acceptors (Lipinski definition) is 7. The first-order valence-corrected chi connectivity index (χ1v) is 9.92. The fraction of sp³-hybridized carbons (Fsp3) is 0.150. The summed E-state index contributed by atoms with van der Waals surface area (Å²) in [4.78, 5) is 30.4. The number of anilines is 1. The van der Waals surface area contributed by atoms with Crippen LogP contribution in [0.2, 0.25) is 0 Å². The number of carbonyl (C=O) groups excluding carboxylic acids is 1. The molecule has 2 aromatic carbocycles. The zero-order chi connectivity index (χ0) is 23.3. The van der Waals surface area contributed by atoms with Crippen molar-refractivity contribution in [3.63, 3.8) is 0 Å². The number of aromatic nitrogens is 2. The number of carbonyl (C=O) groups is 1. The van der Waals surface area contributed by atoms with Gasteiger partial charge in [-0.2, -0.15) is 13.2 Å². The molecule has 32 heavy (non-hydrogen) atoms. The molecule has 0 aliphatic carbocycles. The van der Waals surface area contributed by atoms with Crippen LogP contribution in [0.15, 0.2) is 59.8 Å². The SMILES string of the molecule is COc1ccc(NC(=O)CSc2nc(-c3ccccc3)cc(C(F)(F)F)n2)c([N+](=O)[O-])c1. The second-order valence-electron chi connectivity index (χ2n) is 6.26. The van der Waals surface area contributed by atoms with Gasteiger partial charge in [-0.1, -0.05) is 42.1 Å². The lowest BCUT2D eigenvalue weighted by atomic mass is 10.1. The van der Waals surface area contributed by atoms with E-state index >= 15 is 0 Å². The zero-order valence-electron chi connectivity index (χ0n) is 16.4. The fourth-order valence-electron chi connectivity index (χ4n) is 2.60. The van der Waals surface area contributed by atoms with E-state index in [1.165, 1.54) is 19.2 Å². The summed E-state index contributed by atoms with van der Waals surface area (Å²) in [6.07, 6.45) is -4.70. The highest BCUT2D eigenvalue weighted by molar-refractivity contribution is 7.99. The summed E-state index contributed by atoms with van der Waals surface area (Å²) >= 11 is 0.680. The number of nitro groups is 1. The van der Waals surface area contributed by atoms with Crippen molar-refractivity contribution in [2.24, 2.45) is 0 Å². The van der Waals surface area contributed by atoms with Crippen molar-refractivity contribution >= 4 is 29.0 Å². The molecule has 166 valence electrons. The van der Waals surface area contributed by atoms with Gasteiger partial charge in [-0.15, -0.1) is 0 Å². The average molecular weight is 464 g/mol. The van der Waals surface area contributed by atoms with E-state index < -0.39 is 22.7 Å². The minimum atomic E-state index is -4.70. The molecule has 0 bridgehead atoms. The first kappa shape index (κ1) is 23.0. The molecule has 0 spiro atoms. The highest BCUT2D eigenvalue weighted by Gasteiger charge is 2.34. The molecule has 12 heteroatoms. The molecule has 0 atom stereocenters. The number of rotatable bonds is 7. The summed E-state index contributed by atoms with van der Waals surface area (Å²) in [5, 5.41) is 13.3. The Morgan fingerprint density at radius 2 is 1.88 bits per heavy atom. The Bertz CT molecular complexity index is 1140. The van der Waals surface area contributed by atoms with E-state index in [9.17, 15) is 28.1 Å². The maximum atomic E-state index is 13.3. The second kappa shape index (κ2) is 9.64. The Kier molecular flexibility index (Phi) is 6.93. The van der Waals surface area contributed by atoms with Gasteiger partial charge in [0, 0.05) is 5.56 Å². The third-order valence-electron chi connectivity index (χ3n) is 4.07. The van der Waals surface area contributed by atoms with Crippen molar-refractivity contribution < 1.29 is 27.6 Å². The lowest BCUT2D eigenvalue weighted by Gasteiger charge is -2.11. The quantitative estimate of drug-likeness (QED) is 0.231. The van der Waals surface area contributed by atoms with Gasteiger partial charge in [-0.3, -0.25) is 14.9 Å². The number of halogens is 3. The van der Waals surface area contributed by atoms with Crippen molar-refractivity contribution in [1.82, 2.24) is 9.97 Å². The molecular weight excluding hydrogens is 449 g/mol. The third-order valence-corrected chi connectivity index (χ3v) is 4.92. The Balaban J connectivity index is 1.79. The summed E-state index contributed by atoms with van der Waals surface area (Å²) < 4.78 is 44.8. The molecule has 0 aliphatic heterocycles. The van der Waals surface area contributed by atoms with Gasteiger partial charge in [0.1, 0.15) is 17.1 Å². The molecule has 0 radical (unpaired) electrons. The lowest BCUT2D eigenvalue weighted by molar-refractivity contribution is -0.384. The van der Waals surface area contributed by atoms with Crippen LogP contribution in [-0.4, -0.2) is 33.7 Å². The van der Waals surface area contributed by atoms with Gasteiger partial charge < -0.3 is 10.1 Å². The molecule has 3 aromatic rings. The summed E-state index contributed by atoms with van der Waals surface area (Å²) in [5.74, 6) is -0.806. The lowest BCUT2D eigenvalue weighted by Crippen LogP contribution is -2.16. The monoisotopic (exact) mass is 464 g/mol. The van der Waals surface area contributed by atoms with E-state index in [1.54, 1.807) is 30.3 Å². The topological polar surface area (TPSA) is 107 Å². The average Bonchev–Trinajstić information content (AvgIpc) is 2.77. The van der Waals surface area contributed by atoms with Crippen molar-refractivity contribution in [3.8, 4) is 17.0 Å². The number of hydrogen-bond donors (Lipinski definition) is 1. The van der Waals surface area contributed by atoms with Crippen LogP contribution in [0.3, 0.4) is 0 Å². The Labute approximate surface area is 184 Å². The number of nitro benzene ring substituents is 1. The second-order valence-corrected chi connectivity index (χ2v) is 7.20. The molecule has 8 nitrogen and oxygen atoms in total. The zero-order valence-corrected chi connectivity index (χ0v) is 17.2. The van der Waals surface area contributed by atoms with Gasteiger partial charge in [0.05, 0.1) is 29.5 Å². The molecule has 1 aromatic heterocycles. The highest BCUT2D eigenvalue weighted by atomic mass is 32.2. The van der Waals surface area contributed by atoms with Crippen molar-refractivity contribution in [3.05, 3.63) is 70.4 Å². The largest absolute Gasteiger partial charge is 0.496 e. The predicted molar refractivity (Wildman–Crippen MR) is 111 cm³/mol. The van der Waals surface area contributed by atoms with Crippen LogP contribution in [0.4, 0.5) is 24.5 Å². The molecule has 1 amide bonds. The number of amides is 1. The smallest absolute Gasteiger partial charge is 0.433 e. The minimum Gasteiger partial charge on any atom is -0.496 e. The molecular formula is C20H15F3N4O4S. The molecule has 3 rings (SSSR count). The maximum absolute atomic E-state index is 13.3. The van der Waals surface area contributed by atoms with Gasteiger partial charge in [0.25, 0.3) is 5.69 Å². The Hall–Kier alpha value is -3.67. The first-order valence-electron chi connectivity index (χ1n) is 8.94. The van der Waals surface area contributed by atoms with Crippen molar-refractivity contribution in [1.29, 1.82) is 0 Å². The molecule has 1 N–H and O–H groups in total. The van der Waals surface area contributed by atoms with Crippen LogP contribution >= 0.6 is 11.8 Å². The molecule has 0 fully saturated rings. The number of benzene rings is 2. The van der Waals surface area contributed by atoms with Crippen LogP contribution in [0, 0.1) is 10.1 Å². The Morgan fingerprint density at radius 3 is 2.50 bits per heavy atom. The summed E-state index contributed by atoms with van der Waals surface area (Å²) in [5.41, 5.74) is -1.08. The molecule has 0 saturated carbocycles. The summed E-state index contributed by atoms with van der Waals surface area (Å²) in [6.45, 7) is 0. The minimum absolute atomic E-state index is 0.0571. The van der Waals surface area contributed by atoms with E-state index in [0.29, 0.717) is 17.3 Å². The first-order chi connectivity index (χ1) is 15.2. The number of thioether (sulfide) groups is 1. The van der Waals surface area contributed by atoms with Crippen molar-refractivity contribution in [2.45, 2.75) is 11.3 Å². The van der Waals surface area contributed by atoms with Gasteiger partial charge in [-0.25, -0.2) is 9.97 Å². The molecule has 1 heterocycles. The summed E-state index contributed by atoms with van der Waals surface area (Å²) in [7, 11) is 1.34. The van der Waals surface area contributed by atoms with Crippen LogP contribution < -0.4 is 10.1 Å². The van der Waals surface area contributed by atoms with Gasteiger partial charge >= 0.3 is 6.18 Å². The van der Waals surface area contributed by atoms with Crippen molar-refractivity contribution in [2.75, 3.05) is 18.2 Å². The van der Waals surface area contributed by atoms with Gasteiger partial charge in [-0.05, 0) is 18.2 Å².